The quantitative estimate of drug-likeness (QED) is 0.673. The Labute approximate surface area is 159 Å². The van der Waals surface area contributed by atoms with Gasteiger partial charge in [-0.1, -0.05) is 17.7 Å². The summed E-state index contributed by atoms with van der Waals surface area (Å²) >= 11 is 0. The molecule has 2 N–H and O–H groups in total. The van der Waals surface area contributed by atoms with Crippen LogP contribution < -0.4 is 16.6 Å². The Morgan fingerprint density at radius 3 is 2.25 bits per heavy atom. The predicted octanol–water partition coefficient (Wildman–Crippen LogP) is 1.87. The summed E-state index contributed by atoms with van der Waals surface area (Å²) < 4.78 is 5.51. The van der Waals surface area contributed by atoms with E-state index in [4.69, 9.17) is 0 Å². The van der Waals surface area contributed by atoms with Crippen LogP contribution in [0.5, 0.6) is 0 Å². The van der Waals surface area contributed by atoms with E-state index in [0.29, 0.717) is 16.9 Å². The van der Waals surface area contributed by atoms with Crippen molar-refractivity contribution in [3.05, 3.63) is 92.3 Å². The van der Waals surface area contributed by atoms with Crippen LogP contribution in [0.25, 0.3) is 5.69 Å². The van der Waals surface area contributed by atoms with Crippen molar-refractivity contribution in [2.75, 3.05) is 12.4 Å². The molecule has 0 aliphatic carbocycles. The lowest BCUT2D eigenvalue weighted by Gasteiger charge is -2.09. The maximum absolute atomic E-state index is 12.7. The molecule has 8 nitrogen and oxygen atoms in total. The summed E-state index contributed by atoms with van der Waals surface area (Å²) in [6.07, 6.45) is 1.08. The highest BCUT2D eigenvalue weighted by molar-refractivity contribution is 6.04. The molecule has 0 saturated heterocycles. The third kappa shape index (κ3) is 3.75. The van der Waals surface area contributed by atoms with Crippen molar-refractivity contribution >= 4 is 17.6 Å². The molecule has 1 amide bonds. The van der Waals surface area contributed by atoms with Crippen molar-refractivity contribution in [2.24, 2.45) is 0 Å². The summed E-state index contributed by atoms with van der Waals surface area (Å²) in [6, 6.07) is 12.8. The van der Waals surface area contributed by atoms with Gasteiger partial charge in [0.05, 0.1) is 18.4 Å². The van der Waals surface area contributed by atoms with E-state index in [0.717, 1.165) is 16.3 Å². The zero-order valence-corrected chi connectivity index (χ0v) is 15.2. The van der Waals surface area contributed by atoms with Crippen LogP contribution in [0.3, 0.4) is 0 Å². The summed E-state index contributed by atoms with van der Waals surface area (Å²) in [5.41, 5.74) is 0.421. The summed E-state index contributed by atoms with van der Waals surface area (Å²) in [5, 5.41) is 2.56. The zero-order valence-electron chi connectivity index (χ0n) is 15.2. The average Bonchev–Trinajstić information content (AvgIpc) is 2.69. The number of esters is 1. The highest BCUT2D eigenvalue weighted by Crippen LogP contribution is 2.11. The van der Waals surface area contributed by atoms with E-state index in [2.05, 4.69) is 15.0 Å². The number of aromatic nitrogens is 2. The minimum Gasteiger partial charge on any atom is -0.465 e. The second-order valence-electron chi connectivity index (χ2n) is 6.01. The first-order chi connectivity index (χ1) is 13.4. The van der Waals surface area contributed by atoms with Gasteiger partial charge in [0, 0.05) is 11.9 Å². The molecular formula is C20H17N3O5. The molecule has 28 heavy (non-hydrogen) atoms. The van der Waals surface area contributed by atoms with Gasteiger partial charge in [0.1, 0.15) is 5.56 Å². The molecule has 1 heterocycles. The Morgan fingerprint density at radius 2 is 1.64 bits per heavy atom. The number of rotatable bonds is 4. The smallest absolute Gasteiger partial charge is 0.337 e. The van der Waals surface area contributed by atoms with E-state index in [1.54, 1.807) is 24.3 Å². The highest BCUT2D eigenvalue weighted by Gasteiger charge is 2.16. The highest BCUT2D eigenvalue weighted by atomic mass is 16.5. The van der Waals surface area contributed by atoms with Gasteiger partial charge in [-0.05, 0) is 43.3 Å². The maximum atomic E-state index is 12.7. The fourth-order valence-electron chi connectivity index (χ4n) is 2.57. The number of anilines is 1. The molecule has 0 saturated carbocycles. The normalized spacial score (nSPS) is 10.4. The van der Waals surface area contributed by atoms with Gasteiger partial charge in [0.15, 0.2) is 0 Å². The number of carbonyl (C=O) groups is 2. The number of aryl methyl sites for hydroxylation is 1. The number of hydrogen-bond acceptors (Lipinski definition) is 5. The Kier molecular flexibility index (Phi) is 5.21. The van der Waals surface area contributed by atoms with Gasteiger partial charge in [0.25, 0.3) is 11.5 Å². The zero-order chi connectivity index (χ0) is 20.3. The van der Waals surface area contributed by atoms with E-state index in [1.165, 1.54) is 31.4 Å². The van der Waals surface area contributed by atoms with E-state index < -0.39 is 23.1 Å². The number of methoxy groups -OCH3 is 1. The molecule has 8 heteroatoms. The van der Waals surface area contributed by atoms with E-state index in [1.807, 2.05) is 6.92 Å². The minimum absolute atomic E-state index is 0.225. The molecule has 0 bridgehead atoms. The third-order valence-corrected chi connectivity index (χ3v) is 4.08. The Balaban J connectivity index is 1.91. The number of carbonyl (C=O) groups excluding carboxylic acids is 2. The molecule has 0 aliphatic heterocycles. The van der Waals surface area contributed by atoms with Gasteiger partial charge in [-0.15, -0.1) is 0 Å². The second kappa shape index (κ2) is 7.75. The Morgan fingerprint density at radius 1 is 1.00 bits per heavy atom. The maximum Gasteiger partial charge on any atom is 0.337 e. The van der Waals surface area contributed by atoms with Gasteiger partial charge >= 0.3 is 11.7 Å². The van der Waals surface area contributed by atoms with Crippen LogP contribution in [-0.4, -0.2) is 28.5 Å². The number of benzene rings is 2. The number of hydrogen-bond donors (Lipinski definition) is 2. The number of H-pyrrole nitrogens is 1. The SMILES string of the molecule is COC(=O)c1ccc(NC(=O)c2c[nH]c(=O)n(-c3ccc(C)cc3)c2=O)cc1. The second-order valence-corrected chi connectivity index (χ2v) is 6.01. The largest absolute Gasteiger partial charge is 0.465 e. The van der Waals surface area contributed by atoms with Crippen LogP contribution in [0.1, 0.15) is 26.3 Å². The molecule has 3 rings (SSSR count). The van der Waals surface area contributed by atoms with Crippen LogP contribution in [0.15, 0.2) is 64.3 Å². The van der Waals surface area contributed by atoms with Crippen LogP contribution in [0, 0.1) is 6.92 Å². The standard InChI is InChI=1S/C20H17N3O5/c1-12-3-9-15(10-4-12)23-18(25)16(11-21-20(23)27)17(24)22-14-7-5-13(6-8-14)19(26)28-2/h3-11H,1-2H3,(H,21,27)(H,22,24). The van der Waals surface area contributed by atoms with Crippen molar-refractivity contribution in [3.8, 4) is 5.69 Å². The molecule has 1 aromatic heterocycles. The summed E-state index contributed by atoms with van der Waals surface area (Å²) in [4.78, 5) is 51.2. The van der Waals surface area contributed by atoms with Crippen molar-refractivity contribution in [1.82, 2.24) is 9.55 Å². The fraction of sp³-hybridized carbons (Fsp3) is 0.100. The number of amides is 1. The molecule has 3 aromatic rings. The van der Waals surface area contributed by atoms with Gasteiger partial charge in [0.2, 0.25) is 0 Å². The monoisotopic (exact) mass is 379 g/mol. The Hall–Kier alpha value is -3.94. The topological polar surface area (TPSA) is 110 Å². The van der Waals surface area contributed by atoms with Crippen LogP contribution >= 0.6 is 0 Å². The molecule has 0 aliphatic rings. The molecule has 0 spiro atoms. The molecule has 0 atom stereocenters. The molecule has 0 fully saturated rings. The van der Waals surface area contributed by atoms with Gasteiger partial charge in [-0.2, -0.15) is 0 Å². The van der Waals surface area contributed by atoms with E-state index >= 15 is 0 Å². The van der Waals surface area contributed by atoms with Crippen LogP contribution in [-0.2, 0) is 4.74 Å². The van der Waals surface area contributed by atoms with Crippen molar-refractivity contribution in [1.29, 1.82) is 0 Å². The molecule has 0 radical (unpaired) electrons. The van der Waals surface area contributed by atoms with Crippen molar-refractivity contribution in [2.45, 2.75) is 6.92 Å². The average molecular weight is 379 g/mol. The van der Waals surface area contributed by atoms with Gasteiger partial charge in [-0.25, -0.2) is 14.2 Å². The number of ether oxygens (including phenoxy) is 1. The lowest BCUT2D eigenvalue weighted by Crippen LogP contribution is -2.38. The van der Waals surface area contributed by atoms with E-state index in [9.17, 15) is 19.2 Å². The first kappa shape index (κ1) is 18.8. The minimum atomic E-state index is -0.740. The van der Waals surface area contributed by atoms with E-state index in [-0.39, 0.29) is 5.56 Å². The summed E-state index contributed by atoms with van der Waals surface area (Å²) in [7, 11) is 1.27. The van der Waals surface area contributed by atoms with Crippen molar-refractivity contribution in [3.63, 3.8) is 0 Å². The van der Waals surface area contributed by atoms with Crippen LogP contribution in [0.4, 0.5) is 5.69 Å². The molecule has 0 unspecified atom stereocenters. The molecule has 2 aromatic carbocycles. The van der Waals surface area contributed by atoms with Gasteiger partial charge < -0.3 is 15.0 Å². The lowest BCUT2D eigenvalue weighted by atomic mass is 10.2. The Bertz CT molecular complexity index is 1140. The van der Waals surface area contributed by atoms with Gasteiger partial charge in [-0.3, -0.25) is 9.59 Å². The first-order valence-corrected chi connectivity index (χ1v) is 8.32. The lowest BCUT2D eigenvalue weighted by molar-refractivity contribution is 0.0600. The third-order valence-electron chi connectivity index (χ3n) is 4.08. The fourth-order valence-corrected chi connectivity index (χ4v) is 2.57. The number of nitrogens with one attached hydrogen (secondary N) is 2. The predicted molar refractivity (Wildman–Crippen MR) is 103 cm³/mol. The number of nitrogens with zero attached hydrogens (tertiary/aromatic N) is 1. The van der Waals surface area contributed by atoms with Crippen molar-refractivity contribution < 1.29 is 14.3 Å². The summed E-state index contributed by atoms with van der Waals surface area (Å²) in [6.45, 7) is 1.88. The molecule has 142 valence electrons. The molecular weight excluding hydrogens is 362 g/mol. The first-order valence-electron chi connectivity index (χ1n) is 8.32. The summed E-state index contributed by atoms with van der Waals surface area (Å²) in [5.74, 6) is -1.19. The van der Waals surface area contributed by atoms with Crippen LogP contribution in [0.2, 0.25) is 0 Å². The number of aromatic amines is 1.